The van der Waals surface area contributed by atoms with Crippen LogP contribution in [0.1, 0.15) is 46.5 Å². The molecule has 0 saturated carbocycles. The Bertz CT molecular complexity index is 895. The highest BCUT2D eigenvalue weighted by Gasteiger charge is 2.25. The van der Waals surface area contributed by atoms with E-state index in [1.165, 1.54) is 24.8 Å². The van der Waals surface area contributed by atoms with Gasteiger partial charge >= 0.3 is 5.97 Å². The van der Waals surface area contributed by atoms with Gasteiger partial charge in [-0.1, -0.05) is 12.8 Å². The van der Waals surface area contributed by atoms with Gasteiger partial charge in [-0.05, 0) is 55.6 Å². The monoisotopic (exact) mass is 434 g/mol. The van der Waals surface area contributed by atoms with E-state index in [1.54, 1.807) is 31.6 Å². The third kappa shape index (κ3) is 5.00. The van der Waals surface area contributed by atoms with E-state index in [0.717, 1.165) is 36.2 Å². The van der Waals surface area contributed by atoms with Crippen molar-refractivity contribution < 1.29 is 19.0 Å². The molecule has 1 aliphatic carbocycles. The zero-order valence-electron chi connectivity index (χ0n) is 16.9. The molecule has 0 aliphatic heterocycles. The van der Waals surface area contributed by atoms with Gasteiger partial charge in [0.15, 0.2) is 5.11 Å². The van der Waals surface area contributed by atoms with Gasteiger partial charge in [-0.15, -0.1) is 11.3 Å². The number of esters is 1. The molecule has 3 rings (SSSR count). The number of carbonyl (C=O) groups is 1. The Kier molecular flexibility index (Phi) is 7.33. The van der Waals surface area contributed by atoms with Crippen molar-refractivity contribution in [1.29, 1.82) is 0 Å². The number of ether oxygens (including phenoxy) is 3. The SMILES string of the molecule is COC(=O)c1c(NC(=S)Nc2cc(OC)ccc2OC)sc2c1CCCCCC2. The number of thiophene rings is 1. The summed E-state index contributed by atoms with van der Waals surface area (Å²) in [6.45, 7) is 0. The van der Waals surface area contributed by atoms with Crippen molar-refractivity contribution in [2.45, 2.75) is 38.5 Å². The highest BCUT2D eigenvalue weighted by molar-refractivity contribution is 7.80. The molecule has 1 aromatic heterocycles. The maximum Gasteiger partial charge on any atom is 0.341 e. The molecule has 1 aromatic carbocycles. The number of thiocarbonyl (C=S) groups is 1. The van der Waals surface area contributed by atoms with Gasteiger partial charge in [-0.3, -0.25) is 0 Å². The third-order valence-corrected chi connectivity index (χ3v) is 6.35. The van der Waals surface area contributed by atoms with Gasteiger partial charge in [0.05, 0.1) is 32.6 Å². The second kappa shape index (κ2) is 9.93. The van der Waals surface area contributed by atoms with Crippen molar-refractivity contribution in [3.63, 3.8) is 0 Å². The van der Waals surface area contributed by atoms with Gasteiger partial charge in [-0.2, -0.15) is 0 Å². The van der Waals surface area contributed by atoms with E-state index in [-0.39, 0.29) is 5.97 Å². The lowest BCUT2D eigenvalue weighted by Crippen LogP contribution is -2.20. The molecule has 0 saturated heterocycles. The average molecular weight is 435 g/mol. The first-order valence-electron chi connectivity index (χ1n) is 9.60. The summed E-state index contributed by atoms with van der Waals surface area (Å²) >= 11 is 7.11. The molecule has 0 radical (unpaired) electrons. The molecular formula is C21H26N2O4S2. The molecule has 2 aromatic rings. The Morgan fingerprint density at radius 2 is 1.79 bits per heavy atom. The normalized spacial score (nSPS) is 13.5. The van der Waals surface area contributed by atoms with Crippen molar-refractivity contribution in [3.05, 3.63) is 34.2 Å². The van der Waals surface area contributed by atoms with Gasteiger partial charge < -0.3 is 24.8 Å². The number of nitrogens with one attached hydrogen (secondary N) is 2. The first-order valence-corrected chi connectivity index (χ1v) is 10.8. The van der Waals surface area contributed by atoms with Crippen LogP contribution in [0.25, 0.3) is 0 Å². The Morgan fingerprint density at radius 1 is 1.03 bits per heavy atom. The fourth-order valence-corrected chi connectivity index (χ4v) is 5.05. The lowest BCUT2D eigenvalue weighted by molar-refractivity contribution is 0.0601. The predicted molar refractivity (Wildman–Crippen MR) is 121 cm³/mol. The van der Waals surface area contributed by atoms with Crippen LogP contribution in [-0.2, 0) is 17.6 Å². The topological polar surface area (TPSA) is 68.8 Å². The van der Waals surface area contributed by atoms with Crippen molar-refractivity contribution in [3.8, 4) is 11.5 Å². The highest BCUT2D eigenvalue weighted by Crippen LogP contribution is 2.38. The van der Waals surface area contributed by atoms with Crippen molar-refractivity contribution in [1.82, 2.24) is 0 Å². The maximum absolute atomic E-state index is 12.5. The minimum absolute atomic E-state index is 0.327. The van der Waals surface area contributed by atoms with E-state index >= 15 is 0 Å². The molecule has 0 unspecified atom stereocenters. The molecule has 0 bridgehead atoms. The number of anilines is 2. The minimum Gasteiger partial charge on any atom is -0.497 e. The number of carbonyl (C=O) groups excluding carboxylic acids is 1. The van der Waals surface area contributed by atoms with E-state index in [9.17, 15) is 4.79 Å². The summed E-state index contributed by atoms with van der Waals surface area (Å²) in [6, 6.07) is 5.43. The summed E-state index contributed by atoms with van der Waals surface area (Å²) in [6.07, 6.45) is 6.50. The zero-order chi connectivity index (χ0) is 20.8. The summed E-state index contributed by atoms with van der Waals surface area (Å²) in [7, 11) is 4.61. The number of rotatable bonds is 5. The molecule has 1 heterocycles. The van der Waals surface area contributed by atoms with E-state index in [2.05, 4.69) is 10.6 Å². The van der Waals surface area contributed by atoms with Crippen molar-refractivity contribution in [2.75, 3.05) is 32.0 Å². The quantitative estimate of drug-likeness (QED) is 0.506. The van der Waals surface area contributed by atoms with Crippen LogP contribution < -0.4 is 20.1 Å². The van der Waals surface area contributed by atoms with E-state index in [4.69, 9.17) is 26.4 Å². The number of hydrogen-bond acceptors (Lipinski definition) is 6. The number of hydrogen-bond donors (Lipinski definition) is 2. The van der Waals surface area contributed by atoms with Gasteiger partial charge in [0.25, 0.3) is 0 Å². The van der Waals surface area contributed by atoms with Gasteiger partial charge in [0.2, 0.25) is 0 Å². The van der Waals surface area contributed by atoms with Crippen molar-refractivity contribution in [2.24, 2.45) is 0 Å². The van der Waals surface area contributed by atoms with Crippen LogP contribution >= 0.6 is 23.6 Å². The van der Waals surface area contributed by atoms with Gasteiger partial charge in [0.1, 0.15) is 16.5 Å². The van der Waals surface area contributed by atoms with Crippen LogP contribution in [0.3, 0.4) is 0 Å². The second-order valence-electron chi connectivity index (χ2n) is 6.76. The average Bonchev–Trinajstić information content (AvgIpc) is 3.03. The molecule has 0 amide bonds. The Hall–Kier alpha value is -2.32. The summed E-state index contributed by atoms with van der Waals surface area (Å²) in [5.74, 6) is 0.999. The first kappa shape index (κ1) is 21.4. The van der Waals surface area contributed by atoms with Crippen LogP contribution in [0, 0.1) is 0 Å². The fourth-order valence-electron chi connectivity index (χ4n) is 3.49. The number of aryl methyl sites for hydroxylation is 1. The van der Waals surface area contributed by atoms with E-state index in [0.29, 0.717) is 27.9 Å². The fraction of sp³-hybridized carbons (Fsp3) is 0.429. The highest BCUT2D eigenvalue weighted by atomic mass is 32.1. The molecule has 0 spiro atoms. The van der Waals surface area contributed by atoms with Crippen LogP contribution in [-0.4, -0.2) is 32.4 Å². The molecule has 0 fully saturated rings. The lowest BCUT2D eigenvalue weighted by Gasteiger charge is -2.14. The molecular weight excluding hydrogens is 408 g/mol. The molecule has 29 heavy (non-hydrogen) atoms. The Morgan fingerprint density at radius 3 is 2.48 bits per heavy atom. The van der Waals surface area contributed by atoms with Crippen LogP contribution in [0.4, 0.5) is 10.7 Å². The molecule has 2 N–H and O–H groups in total. The third-order valence-electron chi connectivity index (χ3n) is 4.94. The summed E-state index contributed by atoms with van der Waals surface area (Å²) < 4.78 is 15.7. The second-order valence-corrected chi connectivity index (χ2v) is 8.27. The van der Waals surface area contributed by atoms with E-state index in [1.807, 2.05) is 12.1 Å². The first-order chi connectivity index (χ1) is 14.1. The molecule has 8 heteroatoms. The number of benzene rings is 1. The van der Waals surface area contributed by atoms with Crippen molar-refractivity contribution >= 4 is 45.3 Å². The standard InChI is InChI=1S/C21H26N2O4S2/c1-25-13-10-11-16(26-2)15(12-13)22-21(28)23-19-18(20(24)27-3)14-8-6-4-5-7-9-17(14)29-19/h10-12H,4-9H2,1-3H3,(H2,22,23,28). The lowest BCUT2D eigenvalue weighted by atomic mass is 9.96. The van der Waals surface area contributed by atoms with E-state index < -0.39 is 0 Å². The maximum atomic E-state index is 12.5. The van der Waals surface area contributed by atoms with Crippen LogP contribution in [0.5, 0.6) is 11.5 Å². The molecule has 156 valence electrons. The smallest absolute Gasteiger partial charge is 0.341 e. The van der Waals surface area contributed by atoms with Gasteiger partial charge in [-0.25, -0.2) is 4.79 Å². The Balaban J connectivity index is 1.86. The molecule has 0 atom stereocenters. The number of methoxy groups -OCH3 is 3. The summed E-state index contributed by atoms with van der Waals surface area (Å²) in [5, 5.41) is 7.44. The summed E-state index contributed by atoms with van der Waals surface area (Å²) in [4.78, 5) is 13.8. The Labute approximate surface area is 180 Å². The number of fused-ring (bicyclic) bond motifs is 1. The zero-order valence-corrected chi connectivity index (χ0v) is 18.6. The predicted octanol–water partition coefficient (Wildman–Crippen LogP) is 5.02. The largest absolute Gasteiger partial charge is 0.497 e. The minimum atomic E-state index is -0.327. The van der Waals surface area contributed by atoms with Crippen LogP contribution in [0.15, 0.2) is 18.2 Å². The van der Waals surface area contributed by atoms with Crippen LogP contribution in [0.2, 0.25) is 0 Å². The van der Waals surface area contributed by atoms with Gasteiger partial charge in [0, 0.05) is 10.9 Å². The molecule has 6 nitrogen and oxygen atoms in total. The molecule has 1 aliphatic rings. The summed E-state index contributed by atoms with van der Waals surface area (Å²) in [5.41, 5.74) is 2.39.